The minimum atomic E-state index is -0.168. The summed E-state index contributed by atoms with van der Waals surface area (Å²) >= 11 is 6.19. The second-order valence-electron chi connectivity index (χ2n) is 4.95. The van der Waals surface area contributed by atoms with E-state index in [1.165, 1.54) is 0 Å². The van der Waals surface area contributed by atoms with Gasteiger partial charge in [-0.15, -0.1) is 0 Å². The van der Waals surface area contributed by atoms with Crippen LogP contribution in [0.2, 0.25) is 5.02 Å². The number of nitrogens with zero attached hydrogens (tertiary/aromatic N) is 2. The van der Waals surface area contributed by atoms with Gasteiger partial charge in [0.25, 0.3) is 0 Å². The molecule has 2 heterocycles. The van der Waals surface area contributed by atoms with E-state index in [1.54, 1.807) is 12.5 Å². The Kier molecular flexibility index (Phi) is 3.71. The van der Waals surface area contributed by atoms with Gasteiger partial charge in [0.15, 0.2) is 0 Å². The van der Waals surface area contributed by atoms with Crippen molar-refractivity contribution in [3.63, 3.8) is 0 Å². The van der Waals surface area contributed by atoms with E-state index in [0.29, 0.717) is 0 Å². The summed E-state index contributed by atoms with van der Waals surface area (Å²) in [5, 5.41) is 4.17. The van der Waals surface area contributed by atoms with Crippen LogP contribution in [-0.4, -0.2) is 9.55 Å². The van der Waals surface area contributed by atoms with E-state index < -0.39 is 0 Å². The normalized spacial score (nSPS) is 12.3. The van der Waals surface area contributed by atoms with Crippen molar-refractivity contribution in [2.45, 2.75) is 13.0 Å². The summed E-state index contributed by atoms with van der Waals surface area (Å²) in [6.45, 7) is 1.98. The summed E-state index contributed by atoms with van der Waals surface area (Å²) in [5.74, 6) is 1.68. The van der Waals surface area contributed by atoms with Crippen molar-refractivity contribution >= 4 is 17.3 Å². The zero-order valence-electron chi connectivity index (χ0n) is 11.9. The van der Waals surface area contributed by atoms with Gasteiger partial charge in [0.05, 0.1) is 6.26 Å². The first kappa shape index (κ1) is 13.8. The number of hydrogen-bond donors (Lipinski definition) is 1. The van der Waals surface area contributed by atoms with Crippen LogP contribution in [0.3, 0.4) is 0 Å². The fourth-order valence-electron chi connectivity index (χ4n) is 2.22. The van der Waals surface area contributed by atoms with Crippen LogP contribution in [0.1, 0.15) is 23.2 Å². The van der Waals surface area contributed by atoms with Crippen LogP contribution in [0.15, 0.2) is 53.4 Å². The van der Waals surface area contributed by atoms with Gasteiger partial charge in [-0.05, 0) is 36.8 Å². The first-order valence-electron chi connectivity index (χ1n) is 6.68. The number of aryl methyl sites for hydroxylation is 2. The molecule has 0 saturated carbocycles. The lowest BCUT2D eigenvalue weighted by atomic mass is 10.1. The number of hydrogen-bond acceptors (Lipinski definition) is 3. The molecule has 1 unspecified atom stereocenters. The average Bonchev–Trinajstić information content (AvgIpc) is 3.12. The molecule has 108 valence electrons. The number of benzene rings is 1. The summed E-state index contributed by atoms with van der Waals surface area (Å²) in [6.07, 6.45) is 5.35. The molecular formula is C16H16ClN3O. The SMILES string of the molecule is Cc1ccc(NC(c2ccco2)c2nccn2C)cc1Cl. The van der Waals surface area contributed by atoms with Crippen molar-refractivity contribution < 1.29 is 4.42 Å². The number of aromatic nitrogens is 2. The van der Waals surface area contributed by atoms with Crippen LogP contribution in [0.4, 0.5) is 5.69 Å². The second kappa shape index (κ2) is 5.66. The highest BCUT2D eigenvalue weighted by atomic mass is 35.5. The van der Waals surface area contributed by atoms with E-state index in [9.17, 15) is 0 Å². The third kappa shape index (κ3) is 2.81. The van der Waals surface area contributed by atoms with E-state index in [1.807, 2.05) is 55.1 Å². The van der Waals surface area contributed by atoms with Crippen molar-refractivity contribution in [2.75, 3.05) is 5.32 Å². The standard InChI is InChI=1S/C16H16ClN3O/c1-11-5-6-12(10-13(11)17)19-15(14-4-3-9-21-14)16-18-7-8-20(16)2/h3-10,15,19H,1-2H3. The van der Waals surface area contributed by atoms with Crippen molar-refractivity contribution in [1.82, 2.24) is 9.55 Å². The van der Waals surface area contributed by atoms with Crippen LogP contribution in [-0.2, 0) is 7.05 Å². The molecule has 0 fully saturated rings. The third-order valence-corrected chi connectivity index (χ3v) is 3.83. The number of anilines is 1. The van der Waals surface area contributed by atoms with E-state index in [4.69, 9.17) is 16.0 Å². The smallest absolute Gasteiger partial charge is 0.143 e. The van der Waals surface area contributed by atoms with E-state index in [-0.39, 0.29) is 6.04 Å². The topological polar surface area (TPSA) is 43.0 Å². The Bertz CT molecular complexity index is 734. The quantitative estimate of drug-likeness (QED) is 0.786. The molecule has 0 saturated heterocycles. The van der Waals surface area contributed by atoms with Gasteiger partial charge in [-0.1, -0.05) is 17.7 Å². The molecule has 0 bridgehead atoms. The van der Waals surface area contributed by atoms with Gasteiger partial charge in [-0.3, -0.25) is 0 Å². The Balaban J connectivity index is 1.97. The molecule has 4 nitrogen and oxygen atoms in total. The molecule has 3 rings (SSSR count). The highest BCUT2D eigenvalue weighted by Gasteiger charge is 2.21. The molecule has 2 aromatic heterocycles. The molecule has 1 aromatic carbocycles. The van der Waals surface area contributed by atoms with Gasteiger partial charge in [-0.25, -0.2) is 4.98 Å². The molecule has 0 spiro atoms. The molecule has 0 aliphatic rings. The fraction of sp³-hybridized carbons (Fsp3) is 0.188. The van der Waals surface area contributed by atoms with Crippen LogP contribution < -0.4 is 5.32 Å². The molecule has 21 heavy (non-hydrogen) atoms. The maximum atomic E-state index is 6.19. The lowest BCUT2D eigenvalue weighted by Crippen LogP contribution is -2.16. The zero-order valence-corrected chi connectivity index (χ0v) is 12.6. The van der Waals surface area contributed by atoms with Gasteiger partial charge >= 0.3 is 0 Å². The first-order chi connectivity index (χ1) is 10.1. The minimum Gasteiger partial charge on any atom is -0.467 e. The molecule has 1 N–H and O–H groups in total. The summed E-state index contributed by atoms with van der Waals surface area (Å²) in [5.41, 5.74) is 1.98. The predicted octanol–water partition coefficient (Wildman–Crippen LogP) is 4.18. The lowest BCUT2D eigenvalue weighted by molar-refractivity contribution is 0.488. The molecule has 3 aromatic rings. The Morgan fingerprint density at radius 3 is 2.81 bits per heavy atom. The number of rotatable bonds is 4. The van der Waals surface area contributed by atoms with Gasteiger partial charge in [0.2, 0.25) is 0 Å². The number of nitrogens with one attached hydrogen (secondary N) is 1. The van der Waals surface area contributed by atoms with Crippen LogP contribution in [0.25, 0.3) is 0 Å². The predicted molar refractivity (Wildman–Crippen MR) is 83.6 cm³/mol. The van der Waals surface area contributed by atoms with Crippen LogP contribution in [0.5, 0.6) is 0 Å². The maximum absolute atomic E-state index is 6.19. The van der Waals surface area contributed by atoms with Gasteiger partial charge in [0, 0.05) is 30.2 Å². The molecule has 0 radical (unpaired) electrons. The monoisotopic (exact) mass is 301 g/mol. The average molecular weight is 302 g/mol. The Hall–Kier alpha value is -2.20. The summed E-state index contributed by atoms with van der Waals surface area (Å²) in [7, 11) is 1.96. The van der Waals surface area contributed by atoms with E-state index in [0.717, 1.165) is 27.9 Å². The van der Waals surface area contributed by atoms with Gasteiger partial charge in [-0.2, -0.15) is 0 Å². The fourth-order valence-corrected chi connectivity index (χ4v) is 2.40. The molecule has 5 heteroatoms. The Morgan fingerprint density at radius 1 is 1.33 bits per heavy atom. The maximum Gasteiger partial charge on any atom is 0.143 e. The molecule has 1 atom stereocenters. The summed E-state index contributed by atoms with van der Waals surface area (Å²) < 4.78 is 7.52. The first-order valence-corrected chi connectivity index (χ1v) is 7.06. The molecular weight excluding hydrogens is 286 g/mol. The number of halogens is 1. The van der Waals surface area contributed by atoms with E-state index >= 15 is 0 Å². The van der Waals surface area contributed by atoms with Crippen LogP contribution >= 0.6 is 11.6 Å². The lowest BCUT2D eigenvalue weighted by Gasteiger charge is -2.18. The van der Waals surface area contributed by atoms with Crippen molar-refractivity contribution in [3.8, 4) is 0 Å². The van der Waals surface area contributed by atoms with Gasteiger partial charge < -0.3 is 14.3 Å². The minimum absolute atomic E-state index is 0.168. The van der Waals surface area contributed by atoms with Gasteiger partial charge in [0.1, 0.15) is 17.6 Å². The van der Waals surface area contributed by atoms with Crippen molar-refractivity contribution in [3.05, 3.63) is 71.2 Å². The highest BCUT2D eigenvalue weighted by molar-refractivity contribution is 6.31. The number of furan rings is 1. The second-order valence-corrected chi connectivity index (χ2v) is 5.36. The third-order valence-electron chi connectivity index (χ3n) is 3.43. The summed E-state index contributed by atoms with van der Waals surface area (Å²) in [6, 6.07) is 9.54. The molecule has 0 aliphatic carbocycles. The molecule has 0 amide bonds. The zero-order chi connectivity index (χ0) is 14.8. The number of imidazole rings is 1. The van der Waals surface area contributed by atoms with Crippen molar-refractivity contribution in [2.24, 2.45) is 7.05 Å². The Morgan fingerprint density at radius 2 is 2.19 bits per heavy atom. The summed E-state index contributed by atoms with van der Waals surface area (Å²) in [4.78, 5) is 4.42. The Labute approximate surface area is 128 Å². The molecule has 0 aliphatic heterocycles. The van der Waals surface area contributed by atoms with Crippen LogP contribution in [0, 0.1) is 6.92 Å². The van der Waals surface area contributed by atoms with Crippen molar-refractivity contribution in [1.29, 1.82) is 0 Å². The highest BCUT2D eigenvalue weighted by Crippen LogP contribution is 2.28. The largest absolute Gasteiger partial charge is 0.467 e. The van der Waals surface area contributed by atoms with E-state index in [2.05, 4.69) is 10.3 Å².